The molecular formula is C17H14F3N3O3. The lowest BCUT2D eigenvalue weighted by Crippen LogP contribution is -2.14. The van der Waals surface area contributed by atoms with Crippen LogP contribution in [-0.2, 0) is 6.18 Å². The zero-order chi connectivity index (χ0) is 18.9. The number of aromatic hydroxyl groups is 1. The van der Waals surface area contributed by atoms with Crippen LogP contribution in [0.15, 0.2) is 42.5 Å². The van der Waals surface area contributed by atoms with Gasteiger partial charge in [0.1, 0.15) is 11.4 Å². The van der Waals surface area contributed by atoms with Gasteiger partial charge >= 0.3 is 6.18 Å². The van der Waals surface area contributed by atoms with Crippen LogP contribution >= 0.6 is 0 Å². The van der Waals surface area contributed by atoms with Crippen LogP contribution < -0.4 is 9.47 Å². The summed E-state index contributed by atoms with van der Waals surface area (Å²) in [5.41, 5.74) is -1.21. The fourth-order valence-corrected chi connectivity index (χ4v) is 2.52. The molecule has 26 heavy (non-hydrogen) atoms. The minimum atomic E-state index is -4.72. The van der Waals surface area contributed by atoms with Crippen molar-refractivity contribution in [3.05, 3.63) is 48.2 Å². The summed E-state index contributed by atoms with van der Waals surface area (Å²) in [5.74, 6) is 0.467. The smallest absolute Gasteiger partial charge is 0.435 e. The monoisotopic (exact) mass is 365 g/mol. The number of hydrogen-bond donors (Lipinski definition) is 1. The van der Waals surface area contributed by atoms with Gasteiger partial charge in [0.2, 0.25) is 0 Å². The van der Waals surface area contributed by atoms with Gasteiger partial charge in [-0.25, -0.2) is 4.68 Å². The molecule has 0 fully saturated rings. The van der Waals surface area contributed by atoms with Gasteiger partial charge in [0.15, 0.2) is 17.2 Å². The number of phenolic OH excluding ortho intramolecular Hbond substituents is 1. The van der Waals surface area contributed by atoms with Gasteiger partial charge in [-0.15, -0.1) is 5.10 Å². The molecule has 0 saturated carbocycles. The van der Waals surface area contributed by atoms with E-state index in [1.54, 1.807) is 0 Å². The second-order valence-corrected chi connectivity index (χ2v) is 5.29. The van der Waals surface area contributed by atoms with Crippen LogP contribution in [0.4, 0.5) is 13.2 Å². The van der Waals surface area contributed by atoms with Crippen molar-refractivity contribution in [1.82, 2.24) is 15.0 Å². The molecule has 3 aromatic rings. The molecule has 0 aliphatic carbocycles. The first-order chi connectivity index (χ1) is 12.3. The molecule has 0 aliphatic heterocycles. The standard InChI is InChI=1S/C17H14F3N3O3/c1-25-13-7-6-10(8-14(13)26-2)15-16(17(18,19)20)23(22-21-15)11-4-3-5-12(24)9-11/h3-9,24H,1-2H3. The molecule has 6 nitrogen and oxygen atoms in total. The third kappa shape index (κ3) is 3.15. The summed E-state index contributed by atoms with van der Waals surface area (Å²) in [4.78, 5) is 0. The lowest BCUT2D eigenvalue weighted by atomic mass is 10.1. The number of methoxy groups -OCH3 is 2. The van der Waals surface area contributed by atoms with Crippen molar-refractivity contribution in [2.24, 2.45) is 0 Å². The number of alkyl halides is 3. The van der Waals surface area contributed by atoms with Crippen LogP contribution in [0.2, 0.25) is 0 Å². The zero-order valence-corrected chi connectivity index (χ0v) is 13.8. The molecule has 0 unspecified atom stereocenters. The highest BCUT2D eigenvalue weighted by molar-refractivity contribution is 5.67. The number of nitrogens with zero attached hydrogens (tertiary/aromatic N) is 3. The maximum absolute atomic E-state index is 13.7. The van der Waals surface area contributed by atoms with E-state index in [1.165, 1.54) is 56.7 Å². The Morgan fingerprint density at radius 3 is 2.35 bits per heavy atom. The van der Waals surface area contributed by atoms with Crippen LogP contribution in [0.25, 0.3) is 16.9 Å². The van der Waals surface area contributed by atoms with Crippen molar-refractivity contribution in [3.8, 4) is 34.2 Å². The van der Waals surface area contributed by atoms with Gasteiger partial charge in [-0.05, 0) is 30.3 Å². The quantitative estimate of drug-likeness (QED) is 0.764. The molecule has 1 aromatic heterocycles. The normalized spacial score (nSPS) is 11.4. The number of benzene rings is 2. The first-order valence-electron chi connectivity index (χ1n) is 7.40. The van der Waals surface area contributed by atoms with Crippen molar-refractivity contribution >= 4 is 0 Å². The molecule has 0 spiro atoms. The number of phenols is 1. The summed E-state index contributed by atoms with van der Waals surface area (Å²) >= 11 is 0. The van der Waals surface area contributed by atoms with Crippen LogP contribution in [0.3, 0.4) is 0 Å². The van der Waals surface area contributed by atoms with Gasteiger partial charge in [0, 0.05) is 11.6 Å². The third-order valence-electron chi connectivity index (χ3n) is 3.67. The van der Waals surface area contributed by atoms with Crippen molar-refractivity contribution in [1.29, 1.82) is 0 Å². The highest BCUT2D eigenvalue weighted by Gasteiger charge is 2.40. The summed E-state index contributed by atoms with van der Waals surface area (Å²) in [7, 11) is 2.81. The van der Waals surface area contributed by atoms with Gasteiger partial charge in [-0.3, -0.25) is 0 Å². The Balaban J connectivity index is 2.21. The molecule has 1 heterocycles. The van der Waals surface area contributed by atoms with E-state index in [-0.39, 0.29) is 28.4 Å². The summed E-state index contributed by atoms with van der Waals surface area (Å²) in [6, 6.07) is 9.65. The number of ether oxygens (including phenoxy) is 2. The van der Waals surface area contributed by atoms with Crippen molar-refractivity contribution in [3.63, 3.8) is 0 Å². The predicted molar refractivity (Wildman–Crippen MR) is 86.6 cm³/mol. The Morgan fingerprint density at radius 2 is 1.73 bits per heavy atom. The molecule has 136 valence electrons. The van der Waals surface area contributed by atoms with E-state index in [2.05, 4.69) is 10.3 Å². The van der Waals surface area contributed by atoms with Gasteiger partial charge < -0.3 is 14.6 Å². The Morgan fingerprint density at radius 1 is 1.00 bits per heavy atom. The molecule has 0 bridgehead atoms. The predicted octanol–water partition coefficient (Wildman–Crippen LogP) is 3.68. The van der Waals surface area contributed by atoms with Gasteiger partial charge in [-0.2, -0.15) is 13.2 Å². The molecule has 2 aromatic carbocycles. The lowest BCUT2D eigenvalue weighted by molar-refractivity contribution is -0.142. The molecule has 0 atom stereocenters. The average Bonchev–Trinajstić information content (AvgIpc) is 3.06. The van der Waals surface area contributed by atoms with Gasteiger partial charge in [0.25, 0.3) is 0 Å². The molecule has 0 amide bonds. The largest absolute Gasteiger partial charge is 0.508 e. The topological polar surface area (TPSA) is 69.4 Å². The summed E-state index contributed by atoms with van der Waals surface area (Å²) < 4.78 is 52.0. The zero-order valence-electron chi connectivity index (χ0n) is 13.8. The van der Waals surface area contributed by atoms with Crippen molar-refractivity contribution in [2.45, 2.75) is 6.18 Å². The van der Waals surface area contributed by atoms with E-state index < -0.39 is 11.9 Å². The average molecular weight is 365 g/mol. The minimum Gasteiger partial charge on any atom is -0.508 e. The van der Waals surface area contributed by atoms with E-state index in [0.29, 0.717) is 10.4 Å². The molecule has 0 aliphatic rings. The highest BCUT2D eigenvalue weighted by atomic mass is 19.4. The summed E-state index contributed by atoms with van der Waals surface area (Å²) in [5, 5.41) is 16.9. The lowest BCUT2D eigenvalue weighted by Gasteiger charge is -2.13. The Labute approximate surface area is 146 Å². The van der Waals surface area contributed by atoms with Gasteiger partial charge in [0.05, 0.1) is 19.9 Å². The fourth-order valence-electron chi connectivity index (χ4n) is 2.52. The molecule has 1 N–H and O–H groups in total. The van der Waals surface area contributed by atoms with Crippen LogP contribution in [0.1, 0.15) is 5.69 Å². The van der Waals surface area contributed by atoms with E-state index in [4.69, 9.17) is 9.47 Å². The summed E-state index contributed by atoms with van der Waals surface area (Å²) in [6.07, 6.45) is -4.72. The van der Waals surface area contributed by atoms with E-state index in [1.807, 2.05) is 0 Å². The molecule has 0 radical (unpaired) electrons. The SMILES string of the molecule is COc1ccc(-c2nnn(-c3cccc(O)c3)c2C(F)(F)F)cc1OC. The second kappa shape index (κ2) is 6.58. The molecule has 0 saturated heterocycles. The fraction of sp³-hybridized carbons (Fsp3) is 0.176. The van der Waals surface area contributed by atoms with Crippen LogP contribution in [0.5, 0.6) is 17.2 Å². The Kier molecular flexibility index (Phi) is 4.45. The van der Waals surface area contributed by atoms with E-state index in [9.17, 15) is 18.3 Å². The minimum absolute atomic E-state index is 0.0385. The van der Waals surface area contributed by atoms with Gasteiger partial charge in [-0.1, -0.05) is 11.3 Å². The maximum atomic E-state index is 13.7. The van der Waals surface area contributed by atoms with Crippen molar-refractivity contribution in [2.75, 3.05) is 14.2 Å². The van der Waals surface area contributed by atoms with Crippen LogP contribution in [0, 0.1) is 0 Å². The number of halogens is 3. The third-order valence-corrected chi connectivity index (χ3v) is 3.67. The highest BCUT2D eigenvalue weighted by Crippen LogP contribution is 2.39. The molecule has 9 heteroatoms. The number of aromatic nitrogens is 3. The van der Waals surface area contributed by atoms with E-state index in [0.717, 1.165) is 0 Å². The Hall–Kier alpha value is -3.23. The molecular weight excluding hydrogens is 351 g/mol. The maximum Gasteiger partial charge on any atom is 0.435 e. The second-order valence-electron chi connectivity index (χ2n) is 5.29. The number of hydrogen-bond acceptors (Lipinski definition) is 5. The van der Waals surface area contributed by atoms with Crippen molar-refractivity contribution < 1.29 is 27.8 Å². The van der Waals surface area contributed by atoms with Crippen LogP contribution in [-0.4, -0.2) is 34.3 Å². The molecule has 3 rings (SSSR count). The summed E-state index contributed by atoms with van der Waals surface area (Å²) in [6.45, 7) is 0. The van der Waals surface area contributed by atoms with E-state index >= 15 is 0 Å². The first kappa shape index (κ1) is 17.6. The first-order valence-corrected chi connectivity index (χ1v) is 7.40. The number of rotatable bonds is 4. The Bertz CT molecular complexity index is 938.